The monoisotopic (exact) mass is 323 g/mol. The molecule has 104 valence electrons. The Kier molecular flexibility index (Phi) is 4.61. The Bertz CT molecular complexity index is 574. The first-order valence-electron chi connectivity index (χ1n) is 7.13. The van der Waals surface area contributed by atoms with Crippen LogP contribution in [0, 0.1) is 6.92 Å². The molecule has 0 bridgehead atoms. The summed E-state index contributed by atoms with van der Waals surface area (Å²) in [5.74, 6) is 1.39. The maximum Gasteiger partial charge on any atom is 0.157 e. The first kappa shape index (κ1) is 14.5. The highest BCUT2D eigenvalue weighted by Crippen LogP contribution is 2.25. The Labute approximate surface area is 123 Å². The van der Waals surface area contributed by atoms with Crippen LogP contribution in [-0.4, -0.2) is 14.6 Å². The van der Waals surface area contributed by atoms with Crippen LogP contribution >= 0.6 is 15.9 Å². The summed E-state index contributed by atoms with van der Waals surface area (Å²) in [7, 11) is 0. The van der Waals surface area contributed by atoms with E-state index in [0.29, 0.717) is 5.92 Å². The van der Waals surface area contributed by atoms with Gasteiger partial charge in [0, 0.05) is 5.92 Å². The molecular formula is C15H22BrN3. The van der Waals surface area contributed by atoms with Gasteiger partial charge in [-0.15, -0.1) is 5.10 Å². The van der Waals surface area contributed by atoms with E-state index >= 15 is 0 Å². The van der Waals surface area contributed by atoms with E-state index in [1.165, 1.54) is 24.0 Å². The molecule has 0 aliphatic heterocycles. The van der Waals surface area contributed by atoms with E-state index in [1.807, 2.05) is 4.52 Å². The fourth-order valence-corrected chi connectivity index (χ4v) is 3.28. The maximum absolute atomic E-state index is 4.68. The predicted octanol–water partition coefficient (Wildman–Crippen LogP) is 4.66. The average Bonchev–Trinajstić information content (AvgIpc) is 2.80. The first-order valence-corrected chi connectivity index (χ1v) is 7.92. The molecule has 1 atom stereocenters. The molecule has 4 heteroatoms. The predicted molar refractivity (Wildman–Crippen MR) is 82.7 cm³/mol. The molecule has 0 radical (unpaired) electrons. The smallest absolute Gasteiger partial charge is 0.157 e. The van der Waals surface area contributed by atoms with Gasteiger partial charge in [-0.05, 0) is 52.9 Å². The summed E-state index contributed by atoms with van der Waals surface area (Å²) in [5.41, 5.74) is 3.53. The van der Waals surface area contributed by atoms with Gasteiger partial charge in [-0.1, -0.05) is 33.6 Å². The third-order valence-corrected chi connectivity index (χ3v) is 4.50. The Hall–Kier alpha value is -0.900. The number of aryl methyl sites for hydroxylation is 1. The molecule has 0 N–H and O–H groups in total. The summed E-state index contributed by atoms with van der Waals surface area (Å²) >= 11 is 3.67. The average molecular weight is 324 g/mol. The van der Waals surface area contributed by atoms with E-state index in [0.717, 1.165) is 28.9 Å². The largest absolute Gasteiger partial charge is 0.212 e. The summed E-state index contributed by atoms with van der Waals surface area (Å²) in [4.78, 5) is 4.68. The van der Waals surface area contributed by atoms with Crippen molar-refractivity contribution in [2.24, 2.45) is 0 Å². The fraction of sp³-hybridized carbons (Fsp3) is 0.600. The zero-order chi connectivity index (χ0) is 14.0. The van der Waals surface area contributed by atoms with Crippen molar-refractivity contribution in [2.75, 3.05) is 0 Å². The van der Waals surface area contributed by atoms with Crippen molar-refractivity contribution in [1.29, 1.82) is 0 Å². The number of pyridine rings is 1. The van der Waals surface area contributed by atoms with Gasteiger partial charge in [-0.3, -0.25) is 0 Å². The molecule has 0 aliphatic rings. The summed E-state index contributed by atoms with van der Waals surface area (Å²) in [6, 6.07) is 2.13. The second-order valence-electron chi connectivity index (χ2n) is 5.23. The molecule has 2 aromatic rings. The van der Waals surface area contributed by atoms with Crippen LogP contribution in [0.15, 0.2) is 10.7 Å². The molecule has 0 aromatic carbocycles. The highest BCUT2D eigenvalue weighted by atomic mass is 79.9. The highest BCUT2D eigenvalue weighted by Gasteiger charge is 2.15. The Balaban J connectivity index is 2.43. The summed E-state index contributed by atoms with van der Waals surface area (Å²) in [6.07, 6.45) is 4.62. The number of nitrogens with zero attached hydrogens (tertiary/aromatic N) is 3. The van der Waals surface area contributed by atoms with Crippen LogP contribution in [0.2, 0.25) is 0 Å². The lowest BCUT2D eigenvalue weighted by Gasteiger charge is -2.07. The zero-order valence-corrected chi connectivity index (χ0v) is 13.8. The van der Waals surface area contributed by atoms with Crippen LogP contribution in [0.1, 0.15) is 62.9 Å². The highest BCUT2D eigenvalue weighted by molar-refractivity contribution is 9.10. The number of fused-ring (bicyclic) bond motifs is 1. The van der Waals surface area contributed by atoms with Crippen LogP contribution in [0.3, 0.4) is 0 Å². The third kappa shape index (κ3) is 2.83. The lowest BCUT2D eigenvalue weighted by molar-refractivity contribution is 0.594. The van der Waals surface area contributed by atoms with E-state index < -0.39 is 0 Å². The zero-order valence-electron chi connectivity index (χ0n) is 12.2. The van der Waals surface area contributed by atoms with Crippen molar-refractivity contribution < 1.29 is 0 Å². The second-order valence-corrected chi connectivity index (χ2v) is 5.98. The molecule has 2 heterocycles. The van der Waals surface area contributed by atoms with Crippen molar-refractivity contribution in [2.45, 2.75) is 59.3 Å². The van der Waals surface area contributed by atoms with Gasteiger partial charge in [0.05, 0.1) is 0 Å². The molecule has 1 unspecified atom stereocenters. The lowest BCUT2D eigenvalue weighted by atomic mass is 10.0. The van der Waals surface area contributed by atoms with Crippen molar-refractivity contribution >= 4 is 21.6 Å². The summed E-state index contributed by atoms with van der Waals surface area (Å²) < 4.78 is 2.98. The summed E-state index contributed by atoms with van der Waals surface area (Å²) in [5, 5.41) is 4.67. The van der Waals surface area contributed by atoms with E-state index in [1.54, 1.807) is 0 Å². The third-order valence-electron chi connectivity index (χ3n) is 3.69. The van der Waals surface area contributed by atoms with Gasteiger partial charge >= 0.3 is 0 Å². The normalized spacial score (nSPS) is 13.1. The number of unbranched alkanes of at least 4 members (excludes halogenated alkanes) is 1. The number of hydrogen-bond acceptors (Lipinski definition) is 2. The SMILES string of the molecule is CCCCC(C)c1nc2cc(C)c(CC)c(Br)n2n1. The molecule has 19 heavy (non-hydrogen) atoms. The molecule has 2 aromatic heterocycles. The molecule has 3 nitrogen and oxygen atoms in total. The van der Waals surface area contributed by atoms with E-state index in [9.17, 15) is 0 Å². The van der Waals surface area contributed by atoms with E-state index in [-0.39, 0.29) is 0 Å². The van der Waals surface area contributed by atoms with Gasteiger partial charge in [0.15, 0.2) is 11.5 Å². The van der Waals surface area contributed by atoms with Gasteiger partial charge in [-0.2, -0.15) is 0 Å². The van der Waals surface area contributed by atoms with Crippen molar-refractivity contribution in [3.05, 3.63) is 27.6 Å². The van der Waals surface area contributed by atoms with Crippen LogP contribution in [-0.2, 0) is 6.42 Å². The summed E-state index contributed by atoms with van der Waals surface area (Å²) in [6.45, 7) is 8.74. The minimum Gasteiger partial charge on any atom is -0.212 e. The molecular weight excluding hydrogens is 302 g/mol. The number of halogens is 1. The standard InChI is InChI=1S/C15H22BrN3/c1-5-7-8-10(3)15-17-13-9-11(4)12(6-2)14(16)19(13)18-15/h9-10H,5-8H2,1-4H3. The number of hydrogen-bond donors (Lipinski definition) is 0. The van der Waals surface area contributed by atoms with Crippen LogP contribution in [0.25, 0.3) is 5.65 Å². The van der Waals surface area contributed by atoms with Crippen LogP contribution < -0.4 is 0 Å². The van der Waals surface area contributed by atoms with E-state index in [4.69, 9.17) is 0 Å². The van der Waals surface area contributed by atoms with Gasteiger partial charge in [-0.25, -0.2) is 9.50 Å². The molecule has 0 spiro atoms. The molecule has 0 aliphatic carbocycles. The quantitative estimate of drug-likeness (QED) is 0.749. The molecule has 0 fully saturated rings. The van der Waals surface area contributed by atoms with Gasteiger partial charge in [0.25, 0.3) is 0 Å². The lowest BCUT2D eigenvalue weighted by Crippen LogP contribution is -2.00. The van der Waals surface area contributed by atoms with Crippen molar-refractivity contribution in [3.8, 4) is 0 Å². The molecule has 0 saturated heterocycles. The second kappa shape index (κ2) is 6.04. The fourth-order valence-electron chi connectivity index (χ4n) is 2.42. The van der Waals surface area contributed by atoms with Gasteiger partial charge in [0.1, 0.15) is 4.60 Å². The van der Waals surface area contributed by atoms with E-state index in [2.05, 4.69) is 59.8 Å². The number of aromatic nitrogens is 3. The maximum atomic E-state index is 4.68. The van der Waals surface area contributed by atoms with Gasteiger partial charge < -0.3 is 0 Å². The van der Waals surface area contributed by atoms with Crippen LogP contribution in [0.5, 0.6) is 0 Å². The molecule has 2 rings (SSSR count). The Morgan fingerprint density at radius 2 is 2.11 bits per heavy atom. The Morgan fingerprint density at radius 3 is 2.74 bits per heavy atom. The molecule has 0 saturated carbocycles. The first-order chi connectivity index (χ1) is 9.08. The van der Waals surface area contributed by atoms with Crippen molar-refractivity contribution in [3.63, 3.8) is 0 Å². The Morgan fingerprint density at radius 1 is 1.37 bits per heavy atom. The van der Waals surface area contributed by atoms with Crippen LogP contribution in [0.4, 0.5) is 0 Å². The van der Waals surface area contributed by atoms with Gasteiger partial charge in [0.2, 0.25) is 0 Å². The minimum atomic E-state index is 0.428. The molecule has 0 amide bonds. The topological polar surface area (TPSA) is 30.2 Å². The number of rotatable bonds is 5. The van der Waals surface area contributed by atoms with Crippen molar-refractivity contribution in [1.82, 2.24) is 14.6 Å². The minimum absolute atomic E-state index is 0.428.